The molecule has 0 unspecified atom stereocenters. The maximum atomic E-state index is 12.5. The van der Waals surface area contributed by atoms with Gasteiger partial charge in [-0.05, 0) is 49.4 Å². The number of amides is 1. The Balaban J connectivity index is 1.23. The Bertz CT molecular complexity index is 1200. The normalized spacial score (nSPS) is 13.6. The summed E-state index contributed by atoms with van der Waals surface area (Å²) in [6.45, 7) is 2.57. The molecule has 1 aromatic carbocycles. The smallest absolute Gasteiger partial charge is 0.236 e. The van der Waals surface area contributed by atoms with Gasteiger partial charge < -0.3 is 14.6 Å². The second-order valence-corrected chi connectivity index (χ2v) is 10.2. The number of hydrogen-bond acceptors (Lipinski definition) is 8. The third kappa shape index (κ3) is 4.76. The summed E-state index contributed by atoms with van der Waals surface area (Å²) in [6, 6.07) is 10.4. The van der Waals surface area contributed by atoms with Gasteiger partial charge in [-0.1, -0.05) is 29.2 Å². The van der Waals surface area contributed by atoms with Crippen molar-refractivity contribution in [3.63, 3.8) is 0 Å². The van der Waals surface area contributed by atoms with Crippen molar-refractivity contribution in [2.45, 2.75) is 37.4 Å². The highest BCUT2D eigenvalue weighted by Gasteiger charge is 2.30. The van der Waals surface area contributed by atoms with Gasteiger partial charge >= 0.3 is 0 Å². The van der Waals surface area contributed by atoms with Crippen molar-refractivity contribution >= 4 is 55.7 Å². The van der Waals surface area contributed by atoms with Crippen LogP contribution in [0.15, 0.2) is 40.9 Å². The molecule has 0 bridgehead atoms. The van der Waals surface area contributed by atoms with E-state index in [1.807, 2.05) is 25.1 Å². The van der Waals surface area contributed by atoms with Crippen molar-refractivity contribution in [3.8, 4) is 5.75 Å². The van der Waals surface area contributed by atoms with E-state index in [0.717, 1.165) is 46.2 Å². The standard InChI is InChI=1S/C21H21N5O2S3/c1-2-28-14-7-8-16-17(10-14)31-20(22-16)23-19(27)12-30-21-25-24-18(26(21)13-5-6-13)11-15-4-3-9-29-15/h3-4,7-10,13H,2,5-6,11-12H2,1H3,(H,22,23,27). The van der Waals surface area contributed by atoms with Gasteiger partial charge in [0.2, 0.25) is 5.91 Å². The van der Waals surface area contributed by atoms with Gasteiger partial charge in [0, 0.05) is 17.3 Å². The molecule has 31 heavy (non-hydrogen) atoms. The molecule has 0 atom stereocenters. The summed E-state index contributed by atoms with van der Waals surface area (Å²) in [4.78, 5) is 18.3. The topological polar surface area (TPSA) is 81.9 Å². The summed E-state index contributed by atoms with van der Waals surface area (Å²) in [5.74, 6) is 1.96. The average Bonchev–Trinajstić information content (AvgIpc) is 3.13. The number of carbonyl (C=O) groups is 1. The quantitative estimate of drug-likeness (QED) is 0.346. The second-order valence-electron chi connectivity index (χ2n) is 7.17. The van der Waals surface area contributed by atoms with E-state index in [4.69, 9.17) is 4.74 Å². The second kappa shape index (κ2) is 8.97. The molecule has 0 saturated heterocycles. The Labute approximate surface area is 191 Å². The van der Waals surface area contributed by atoms with Crippen LogP contribution in [0.4, 0.5) is 5.13 Å². The molecule has 4 aromatic rings. The number of ether oxygens (including phenoxy) is 1. The molecule has 1 aliphatic carbocycles. The Morgan fingerprint density at radius 2 is 2.23 bits per heavy atom. The number of rotatable bonds is 9. The van der Waals surface area contributed by atoms with E-state index >= 15 is 0 Å². The fourth-order valence-electron chi connectivity index (χ4n) is 3.30. The number of fused-ring (bicyclic) bond motifs is 1. The Kier molecular flexibility index (Phi) is 5.93. The molecule has 5 rings (SSSR count). The van der Waals surface area contributed by atoms with E-state index < -0.39 is 0 Å². The summed E-state index contributed by atoms with van der Waals surface area (Å²) in [5, 5.41) is 15.2. The van der Waals surface area contributed by atoms with Crippen LogP contribution in [0.25, 0.3) is 10.2 Å². The highest BCUT2D eigenvalue weighted by Crippen LogP contribution is 2.39. The molecule has 0 spiro atoms. The summed E-state index contributed by atoms with van der Waals surface area (Å²) >= 11 is 4.60. The molecular weight excluding hydrogens is 450 g/mol. The van der Waals surface area contributed by atoms with Crippen LogP contribution in [0.2, 0.25) is 0 Å². The van der Waals surface area contributed by atoms with Crippen molar-refractivity contribution in [2.24, 2.45) is 0 Å². The molecule has 0 aliphatic heterocycles. The van der Waals surface area contributed by atoms with E-state index in [2.05, 4.69) is 42.6 Å². The first kappa shape index (κ1) is 20.5. The molecule has 1 N–H and O–H groups in total. The number of thiophene rings is 1. The summed E-state index contributed by atoms with van der Waals surface area (Å²) in [5.41, 5.74) is 0.850. The zero-order valence-electron chi connectivity index (χ0n) is 16.9. The van der Waals surface area contributed by atoms with Gasteiger partial charge in [-0.15, -0.1) is 21.5 Å². The number of nitrogens with zero attached hydrogens (tertiary/aromatic N) is 4. The summed E-state index contributed by atoms with van der Waals surface area (Å²) in [7, 11) is 0. The molecule has 1 aliphatic rings. The van der Waals surface area contributed by atoms with Gasteiger partial charge in [0.25, 0.3) is 0 Å². The zero-order chi connectivity index (χ0) is 21.2. The molecule has 3 heterocycles. The minimum Gasteiger partial charge on any atom is -0.494 e. The number of thiazole rings is 1. The molecule has 0 radical (unpaired) electrons. The third-order valence-corrected chi connectivity index (χ3v) is 7.56. The van der Waals surface area contributed by atoms with Gasteiger partial charge in [-0.2, -0.15) is 0 Å². The highest BCUT2D eigenvalue weighted by atomic mass is 32.2. The van der Waals surface area contributed by atoms with Gasteiger partial charge in [0.1, 0.15) is 11.6 Å². The monoisotopic (exact) mass is 471 g/mol. The van der Waals surface area contributed by atoms with Crippen LogP contribution < -0.4 is 10.1 Å². The largest absolute Gasteiger partial charge is 0.494 e. The van der Waals surface area contributed by atoms with Gasteiger partial charge in [0.15, 0.2) is 10.3 Å². The summed E-state index contributed by atoms with van der Waals surface area (Å²) < 4.78 is 8.74. The van der Waals surface area contributed by atoms with E-state index in [1.54, 1.807) is 11.3 Å². The van der Waals surface area contributed by atoms with Crippen LogP contribution in [0.3, 0.4) is 0 Å². The highest BCUT2D eigenvalue weighted by molar-refractivity contribution is 7.99. The van der Waals surface area contributed by atoms with Crippen LogP contribution in [-0.2, 0) is 11.2 Å². The average molecular weight is 472 g/mol. The van der Waals surface area contributed by atoms with E-state index in [9.17, 15) is 4.79 Å². The van der Waals surface area contributed by atoms with Crippen molar-refractivity contribution in [1.82, 2.24) is 19.7 Å². The maximum absolute atomic E-state index is 12.5. The van der Waals surface area contributed by atoms with Gasteiger partial charge in [0.05, 0.1) is 22.6 Å². The van der Waals surface area contributed by atoms with Crippen molar-refractivity contribution < 1.29 is 9.53 Å². The number of benzene rings is 1. The summed E-state index contributed by atoms with van der Waals surface area (Å²) in [6.07, 6.45) is 3.07. The lowest BCUT2D eigenvalue weighted by molar-refractivity contribution is -0.113. The van der Waals surface area contributed by atoms with Gasteiger partial charge in [-0.25, -0.2) is 4.98 Å². The lowest BCUT2D eigenvalue weighted by Gasteiger charge is -2.08. The minimum atomic E-state index is -0.0979. The van der Waals surface area contributed by atoms with E-state index in [0.29, 0.717) is 17.8 Å². The van der Waals surface area contributed by atoms with Crippen molar-refractivity contribution in [3.05, 3.63) is 46.4 Å². The number of hydrogen-bond donors (Lipinski definition) is 1. The van der Waals surface area contributed by atoms with Crippen molar-refractivity contribution in [2.75, 3.05) is 17.7 Å². The van der Waals surface area contributed by atoms with Crippen LogP contribution in [0, 0.1) is 0 Å². The van der Waals surface area contributed by atoms with Crippen LogP contribution in [0.1, 0.15) is 36.5 Å². The minimum absolute atomic E-state index is 0.0979. The molecule has 7 nitrogen and oxygen atoms in total. The first-order valence-electron chi connectivity index (χ1n) is 10.1. The number of thioether (sulfide) groups is 1. The fourth-order valence-corrected chi connectivity index (χ4v) is 5.73. The van der Waals surface area contributed by atoms with E-state index in [-0.39, 0.29) is 11.7 Å². The van der Waals surface area contributed by atoms with Crippen LogP contribution in [0.5, 0.6) is 5.75 Å². The zero-order valence-corrected chi connectivity index (χ0v) is 19.4. The molecule has 160 valence electrons. The Hall–Kier alpha value is -2.43. The lowest BCUT2D eigenvalue weighted by Crippen LogP contribution is -2.14. The molecule has 1 fully saturated rings. The molecular formula is C21H21N5O2S3. The molecule has 1 saturated carbocycles. The van der Waals surface area contributed by atoms with Crippen LogP contribution in [-0.4, -0.2) is 38.0 Å². The van der Waals surface area contributed by atoms with Crippen LogP contribution >= 0.6 is 34.4 Å². The molecule has 3 aromatic heterocycles. The SMILES string of the molecule is CCOc1ccc2nc(NC(=O)CSc3nnc(Cc4cccs4)n3C3CC3)sc2c1. The molecule has 10 heteroatoms. The predicted octanol–water partition coefficient (Wildman–Crippen LogP) is 5.00. The lowest BCUT2D eigenvalue weighted by atomic mass is 10.3. The van der Waals surface area contributed by atoms with Crippen molar-refractivity contribution in [1.29, 1.82) is 0 Å². The fraction of sp³-hybridized carbons (Fsp3) is 0.333. The third-order valence-electron chi connectivity index (χ3n) is 4.81. The predicted molar refractivity (Wildman–Crippen MR) is 126 cm³/mol. The number of nitrogens with one attached hydrogen (secondary N) is 1. The number of anilines is 1. The first-order valence-corrected chi connectivity index (χ1v) is 12.8. The number of aromatic nitrogens is 4. The Morgan fingerprint density at radius 1 is 1.32 bits per heavy atom. The molecule has 1 amide bonds. The van der Waals surface area contributed by atoms with E-state index in [1.165, 1.54) is 28.0 Å². The number of carbonyl (C=O) groups excluding carboxylic acids is 1. The Morgan fingerprint density at radius 3 is 3.00 bits per heavy atom. The van der Waals surface area contributed by atoms with Gasteiger partial charge in [-0.3, -0.25) is 4.79 Å². The maximum Gasteiger partial charge on any atom is 0.236 e. The first-order chi connectivity index (χ1) is 15.2.